The molecule has 7 heteroatoms. The maximum atomic E-state index is 11.1. The summed E-state index contributed by atoms with van der Waals surface area (Å²) in [5.74, 6) is 0.317. The fourth-order valence-corrected chi connectivity index (χ4v) is 3.05. The molecule has 2 atom stereocenters. The molecule has 1 N–H and O–H groups in total. The van der Waals surface area contributed by atoms with Crippen molar-refractivity contribution in [1.82, 2.24) is 9.88 Å². The highest BCUT2D eigenvalue weighted by Gasteiger charge is 2.32. The van der Waals surface area contributed by atoms with Crippen LogP contribution in [0.25, 0.3) is 0 Å². The van der Waals surface area contributed by atoms with Gasteiger partial charge in [-0.15, -0.1) is 0 Å². The summed E-state index contributed by atoms with van der Waals surface area (Å²) < 4.78 is 5.84. The molecule has 0 radical (unpaired) electrons. The van der Waals surface area contributed by atoms with Crippen molar-refractivity contribution in [3.8, 4) is 0 Å². The first-order chi connectivity index (χ1) is 10.1. The highest BCUT2D eigenvalue weighted by Crippen LogP contribution is 2.25. The van der Waals surface area contributed by atoms with Crippen molar-refractivity contribution in [2.75, 3.05) is 31.6 Å². The number of hydrogen-bond donors (Lipinski definition) is 1. The summed E-state index contributed by atoms with van der Waals surface area (Å²) in [5, 5.41) is 14.1. The first-order valence-electron chi connectivity index (χ1n) is 7.34. The highest BCUT2D eigenvalue weighted by molar-refractivity contribution is 5.56. The third-order valence-electron chi connectivity index (χ3n) is 4.16. The number of ether oxygens (including phenoxy) is 1. The van der Waals surface area contributed by atoms with Gasteiger partial charge < -0.3 is 10.1 Å². The number of rotatable bonds is 4. The Bertz CT molecular complexity index is 537. The normalized spacial score (nSPS) is 25.6. The van der Waals surface area contributed by atoms with Crippen LogP contribution in [0.2, 0.25) is 0 Å². The van der Waals surface area contributed by atoms with Crippen molar-refractivity contribution < 1.29 is 9.66 Å². The van der Waals surface area contributed by atoms with Crippen molar-refractivity contribution >= 4 is 11.5 Å². The van der Waals surface area contributed by atoms with Gasteiger partial charge in [-0.1, -0.05) is 0 Å². The number of nitro groups is 1. The van der Waals surface area contributed by atoms with Crippen LogP contribution in [0.15, 0.2) is 12.3 Å². The molecule has 0 bridgehead atoms. The first-order valence-corrected chi connectivity index (χ1v) is 7.34. The van der Waals surface area contributed by atoms with E-state index >= 15 is 0 Å². The summed E-state index contributed by atoms with van der Waals surface area (Å²) >= 11 is 0. The van der Waals surface area contributed by atoms with Crippen molar-refractivity contribution in [3.05, 3.63) is 27.9 Å². The number of aryl methyl sites for hydroxylation is 1. The van der Waals surface area contributed by atoms with Crippen LogP contribution in [0.4, 0.5) is 11.5 Å². The molecule has 0 amide bonds. The van der Waals surface area contributed by atoms with Crippen LogP contribution in [0.1, 0.15) is 18.4 Å². The molecular formula is C14H20N4O3. The van der Waals surface area contributed by atoms with Crippen molar-refractivity contribution in [1.29, 1.82) is 0 Å². The first kappa shape index (κ1) is 14.2. The molecule has 0 saturated carbocycles. The van der Waals surface area contributed by atoms with Gasteiger partial charge in [0.05, 0.1) is 17.6 Å². The van der Waals surface area contributed by atoms with Gasteiger partial charge in [0.15, 0.2) is 0 Å². The molecule has 0 aromatic carbocycles. The van der Waals surface area contributed by atoms with Crippen LogP contribution in [-0.4, -0.2) is 53.2 Å². The lowest BCUT2D eigenvalue weighted by atomic mass is 10.2. The highest BCUT2D eigenvalue weighted by atomic mass is 16.6. The van der Waals surface area contributed by atoms with Crippen LogP contribution in [0.5, 0.6) is 0 Å². The molecular weight excluding hydrogens is 272 g/mol. The SMILES string of the molecule is Cc1cnc(NCC2CN3CCCC3CO2)c([N+](=O)[O-])c1. The van der Waals surface area contributed by atoms with E-state index < -0.39 is 4.92 Å². The van der Waals surface area contributed by atoms with E-state index in [9.17, 15) is 10.1 Å². The van der Waals surface area contributed by atoms with Crippen LogP contribution in [0, 0.1) is 17.0 Å². The van der Waals surface area contributed by atoms with E-state index in [1.54, 1.807) is 13.1 Å². The zero-order valence-electron chi connectivity index (χ0n) is 12.1. The second-order valence-electron chi connectivity index (χ2n) is 5.76. The standard InChI is InChI=1S/C14H20N4O3/c1-10-5-13(18(19)20)14(15-6-10)16-7-12-8-17-4-2-3-11(17)9-21-12/h5-6,11-12H,2-4,7-9H2,1H3,(H,15,16). The zero-order chi connectivity index (χ0) is 14.8. The Kier molecular flexibility index (Phi) is 4.03. The number of fused-ring (bicyclic) bond motifs is 1. The van der Waals surface area contributed by atoms with E-state index in [1.165, 1.54) is 18.9 Å². The molecule has 7 nitrogen and oxygen atoms in total. The minimum atomic E-state index is -0.402. The van der Waals surface area contributed by atoms with Crippen molar-refractivity contribution in [3.63, 3.8) is 0 Å². The Hall–Kier alpha value is -1.73. The number of nitrogens with zero attached hydrogens (tertiary/aromatic N) is 3. The number of anilines is 1. The van der Waals surface area contributed by atoms with Gasteiger partial charge in [0, 0.05) is 31.4 Å². The summed E-state index contributed by atoms with van der Waals surface area (Å²) in [6.45, 7) is 5.11. The predicted molar refractivity (Wildman–Crippen MR) is 78.5 cm³/mol. The molecule has 2 aliphatic heterocycles. The Balaban J connectivity index is 1.61. The molecule has 3 rings (SSSR count). The largest absolute Gasteiger partial charge is 0.373 e. The molecule has 21 heavy (non-hydrogen) atoms. The minimum Gasteiger partial charge on any atom is -0.373 e. The second-order valence-corrected chi connectivity index (χ2v) is 5.76. The average Bonchev–Trinajstić information content (AvgIpc) is 2.93. The monoisotopic (exact) mass is 292 g/mol. The summed E-state index contributed by atoms with van der Waals surface area (Å²) in [6.07, 6.45) is 4.14. The lowest BCUT2D eigenvalue weighted by Gasteiger charge is -2.35. The van der Waals surface area contributed by atoms with Crippen LogP contribution in [-0.2, 0) is 4.74 Å². The zero-order valence-corrected chi connectivity index (χ0v) is 12.1. The van der Waals surface area contributed by atoms with Gasteiger partial charge in [0.2, 0.25) is 5.82 Å². The van der Waals surface area contributed by atoms with E-state index in [-0.39, 0.29) is 11.8 Å². The molecule has 0 aliphatic carbocycles. The molecule has 2 fully saturated rings. The molecule has 1 aromatic rings. The summed E-state index contributed by atoms with van der Waals surface area (Å²) in [5.41, 5.74) is 0.797. The van der Waals surface area contributed by atoms with E-state index in [0.29, 0.717) is 18.4 Å². The van der Waals surface area contributed by atoms with Crippen molar-refractivity contribution in [2.24, 2.45) is 0 Å². The molecule has 2 unspecified atom stereocenters. The third-order valence-corrected chi connectivity index (χ3v) is 4.16. The van der Waals surface area contributed by atoms with E-state index in [0.717, 1.165) is 25.3 Å². The lowest BCUT2D eigenvalue weighted by Crippen LogP contribution is -2.48. The Morgan fingerprint density at radius 2 is 2.48 bits per heavy atom. The predicted octanol–water partition coefficient (Wildman–Crippen LogP) is 1.57. The van der Waals surface area contributed by atoms with Gasteiger partial charge in [-0.2, -0.15) is 0 Å². The molecule has 3 heterocycles. The van der Waals surface area contributed by atoms with Crippen LogP contribution < -0.4 is 5.32 Å². The third kappa shape index (κ3) is 3.14. The quantitative estimate of drug-likeness (QED) is 0.670. The summed E-state index contributed by atoms with van der Waals surface area (Å²) in [6, 6.07) is 2.10. The number of nitrogens with one attached hydrogen (secondary N) is 1. The summed E-state index contributed by atoms with van der Waals surface area (Å²) in [7, 11) is 0. The van der Waals surface area contributed by atoms with Gasteiger partial charge in [0.25, 0.3) is 0 Å². The van der Waals surface area contributed by atoms with Gasteiger partial charge in [-0.3, -0.25) is 15.0 Å². The van der Waals surface area contributed by atoms with E-state index in [1.807, 2.05) is 0 Å². The Morgan fingerprint density at radius 1 is 1.62 bits per heavy atom. The van der Waals surface area contributed by atoms with Gasteiger partial charge >= 0.3 is 5.69 Å². The second kappa shape index (κ2) is 5.95. The van der Waals surface area contributed by atoms with E-state index in [2.05, 4.69) is 15.2 Å². The van der Waals surface area contributed by atoms with Gasteiger partial charge in [-0.05, 0) is 31.9 Å². The minimum absolute atomic E-state index is 0.0184. The number of pyridine rings is 1. The van der Waals surface area contributed by atoms with Crippen LogP contribution >= 0.6 is 0 Å². The number of morpholine rings is 1. The van der Waals surface area contributed by atoms with Gasteiger partial charge in [0.1, 0.15) is 0 Å². The van der Waals surface area contributed by atoms with Crippen LogP contribution in [0.3, 0.4) is 0 Å². The molecule has 0 spiro atoms. The lowest BCUT2D eigenvalue weighted by molar-refractivity contribution is -0.384. The maximum absolute atomic E-state index is 11.1. The van der Waals surface area contributed by atoms with Gasteiger partial charge in [-0.25, -0.2) is 4.98 Å². The van der Waals surface area contributed by atoms with E-state index in [4.69, 9.17) is 4.74 Å². The fourth-order valence-electron chi connectivity index (χ4n) is 3.05. The topological polar surface area (TPSA) is 80.5 Å². The average molecular weight is 292 g/mol. The number of hydrogen-bond acceptors (Lipinski definition) is 6. The Morgan fingerprint density at radius 3 is 3.29 bits per heavy atom. The summed E-state index contributed by atoms with van der Waals surface area (Å²) in [4.78, 5) is 17.2. The molecule has 114 valence electrons. The maximum Gasteiger partial charge on any atom is 0.311 e. The molecule has 2 aliphatic rings. The molecule has 2 saturated heterocycles. The number of aromatic nitrogens is 1. The fraction of sp³-hybridized carbons (Fsp3) is 0.643. The van der Waals surface area contributed by atoms with Crippen molar-refractivity contribution in [2.45, 2.75) is 31.9 Å². The molecule has 1 aromatic heterocycles. The smallest absolute Gasteiger partial charge is 0.311 e. The Labute approximate surface area is 123 Å².